The van der Waals surface area contributed by atoms with Gasteiger partial charge in [0.1, 0.15) is 24.4 Å². The summed E-state index contributed by atoms with van der Waals surface area (Å²) in [6.45, 7) is 4.89. The number of carbonyl (C=O) groups excluding carboxylic acids is 1. The molecule has 1 unspecified atom stereocenters. The van der Waals surface area contributed by atoms with E-state index in [0.29, 0.717) is 18.9 Å². The summed E-state index contributed by atoms with van der Waals surface area (Å²) in [5.41, 5.74) is 2.91. The Morgan fingerprint density at radius 2 is 1.83 bits per heavy atom. The number of nitrogens with zero attached hydrogens (tertiary/aromatic N) is 1. The number of anilines is 1. The molecule has 2 N–H and O–H groups in total. The summed E-state index contributed by atoms with van der Waals surface area (Å²) in [5.74, 6) is 0.982. The number of aryl methyl sites for hydroxylation is 2. The third kappa shape index (κ3) is 4.88. The molecule has 3 rings (SSSR count). The lowest BCUT2D eigenvalue weighted by molar-refractivity contribution is -0.112. The molecule has 2 aromatic carbocycles. The van der Waals surface area contributed by atoms with Gasteiger partial charge in [-0.3, -0.25) is 4.79 Å². The minimum atomic E-state index is -0.429. The van der Waals surface area contributed by atoms with Crippen LogP contribution in [-0.2, 0) is 17.6 Å². The minimum Gasteiger partial charge on any atom is -0.486 e. The summed E-state index contributed by atoms with van der Waals surface area (Å²) in [7, 11) is 0. The lowest BCUT2D eigenvalue weighted by Crippen LogP contribution is -2.37. The molecule has 150 valence electrons. The Balaban J connectivity index is 1.62. The number of hydrogen-bond acceptors (Lipinski definition) is 5. The van der Waals surface area contributed by atoms with Gasteiger partial charge in [-0.25, -0.2) is 0 Å². The number of para-hydroxylation sites is 3. The molecule has 1 aliphatic rings. The Morgan fingerprint density at radius 3 is 2.48 bits per heavy atom. The third-order valence-electron chi connectivity index (χ3n) is 4.76. The standard InChI is InChI=1S/C23H25N3O3/c1-3-16-8-7-9-17(4-2)22(16)26-23(27)18(12-24)13-25-14-19-15-28-20-10-5-6-11-21(20)29-19/h5-11,13,19,25H,3-4,14-15H2,1-2H3,(H,26,27)/b18-13-. The van der Waals surface area contributed by atoms with Crippen LogP contribution in [0.5, 0.6) is 11.5 Å². The van der Waals surface area contributed by atoms with E-state index in [-0.39, 0.29) is 11.7 Å². The summed E-state index contributed by atoms with van der Waals surface area (Å²) in [5, 5.41) is 15.3. The van der Waals surface area contributed by atoms with Crippen molar-refractivity contribution in [2.75, 3.05) is 18.5 Å². The normalized spacial score (nSPS) is 15.3. The molecule has 0 spiro atoms. The van der Waals surface area contributed by atoms with Gasteiger partial charge in [0.25, 0.3) is 5.91 Å². The maximum Gasteiger partial charge on any atom is 0.267 e. The summed E-state index contributed by atoms with van der Waals surface area (Å²) < 4.78 is 11.5. The molecule has 0 aromatic heterocycles. The van der Waals surface area contributed by atoms with Crippen molar-refractivity contribution in [3.63, 3.8) is 0 Å². The van der Waals surface area contributed by atoms with Gasteiger partial charge in [0.05, 0.1) is 6.54 Å². The van der Waals surface area contributed by atoms with E-state index in [1.165, 1.54) is 6.20 Å². The Morgan fingerprint density at radius 1 is 1.14 bits per heavy atom. The van der Waals surface area contributed by atoms with Gasteiger partial charge < -0.3 is 20.1 Å². The van der Waals surface area contributed by atoms with Crippen molar-refractivity contribution in [3.8, 4) is 17.6 Å². The summed E-state index contributed by atoms with van der Waals surface area (Å²) in [4.78, 5) is 12.6. The van der Waals surface area contributed by atoms with Crippen LogP contribution in [0.1, 0.15) is 25.0 Å². The number of rotatable bonds is 7. The predicted octanol–water partition coefficient (Wildman–Crippen LogP) is 3.59. The predicted molar refractivity (Wildman–Crippen MR) is 112 cm³/mol. The van der Waals surface area contributed by atoms with Crippen LogP contribution >= 0.6 is 0 Å². The average Bonchev–Trinajstić information content (AvgIpc) is 2.76. The molecule has 1 aliphatic heterocycles. The van der Waals surface area contributed by atoms with Crippen LogP contribution in [0.3, 0.4) is 0 Å². The van der Waals surface area contributed by atoms with Crippen LogP contribution in [-0.4, -0.2) is 25.2 Å². The van der Waals surface area contributed by atoms with Gasteiger partial charge >= 0.3 is 0 Å². The fraction of sp³-hybridized carbons (Fsp3) is 0.304. The molecular weight excluding hydrogens is 366 g/mol. The molecule has 0 saturated heterocycles. The van der Waals surface area contributed by atoms with Crippen molar-refractivity contribution in [2.45, 2.75) is 32.8 Å². The highest BCUT2D eigenvalue weighted by Crippen LogP contribution is 2.30. The SMILES string of the molecule is CCc1cccc(CC)c1NC(=O)/C(C#N)=C\NCC1COc2ccccc2O1. The molecule has 1 heterocycles. The summed E-state index contributed by atoms with van der Waals surface area (Å²) in [6.07, 6.45) is 2.82. The first-order valence-corrected chi connectivity index (χ1v) is 9.80. The zero-order valence-electron chi connectivity index (χ0n) is 16.7. The molecule has 6 nitrogen and oxygen atoms in total. The van der Waals surface area contributed by atoms with Crippen molar-refractivity contribution in [2.24, 2.45) is 0 Å². The molecule has 29 heavy (non-hydrogen) atoms. The van der Waals surface area contributed by atoms with Crippen LogP contribution in [0.4, 0.5) is 5.69 Å². The van der Waals surface area contributed by atoms with Gasteiger partial charge in [-0.2, -0.15) is 5.26 Å². The first-order chi connectivity index (χ1) is 14.2. The summed E-state index contributed by atoms with van der Waals surface area (Å²) in [6, 6.07) is 15.4. The maximum absolute atomic E-state index is 12.6. The largest absolute Gasteiger partial charge is 0.486 e. The monoisotopic (exact) mass is 391 g/mol. The molecule has 6 heteroatoms. The molecule has 0 bridgehead atoms. The van der Waals surface area contributed by atoms with E-state index in [1.807, 2.05) is 62.4 Å². The highest BCUT2D eigenvalue weighted by atomic mass is 16.6. The van der Waals surface area contributed by atoms with Crippen LogP contribution in [0.15, 0.2) is 54.2 Å². The number of hydrogen-bond donors (Lipinski definition) is 2. The highest BCUT2D eigenvalue weighted by molar-refractivity contribution is 6.07. The first-order valence-electron chi connectivity index (χ1n) is 9.80. The van der Waals surface area contributed by atoms with Gasteiger partial charge in [-0.05, 0) is 36.1 Å². The Labute approximate surface area is 171 Å². The van der Waals surface area contributed by atoms with E-state index in [4.69, 9.17) is 9.47 Å². The smallest absolute Gasteiger partial charge is 0.267 e. The van der Waals surface area contributed by atoms with Crippen LogP contribution in [0.2, 0.25) is 0 Å². The van der Waals surface area contributed by atoms with Gasteiger partial charge in [0.2, 0.25) is 0 Å². The second-order valence-corrected chi connectivity index (χ2v) is 6.69. The molecule has 0 saturated carbocycles. The van der Waals surface area contributed by atoms with Crippen molar-refractivity contribution in [1.29, 1.82) is 5.26 Å². The van der Waals surface area contributed by atoms with E-state index in [2.05, 4.69) is 10.6 Å². The summed E-state index contributed by atoms with van der Waals surface area (Å²) >= 11 is 0. The van der Waals surface area contributed by atoms with Gasteiger partial charge in [-0.1, -0.05) is 44.2 Å². The maximum atomic E-state index is 12.6. The fourth-order valence-electron chi connectivity index (χ4n) is 3.19. The minimum absolute atomic E-state index is 0.00934. The van der Waals surface area contributed by atoms with Crippen molar-refractivity contribution in [3.05, 3.63) is 65.4 Å². The van der Waals surface area contributed by atoms with Crippen molar-refractivity contribution in [1.82, 2.24) is 5.32 Å². The number of carbonyl (C=O) groups is 1. The first kappa shape index (κ1) is 20.3. The van der Waals surface area contributed by atoms with E-state index in [9.17, 15) is 10.1 Å². The molecular formula is C23H25N3O3. The zero-order chi connectivity index (χ0) is 20.6. The number of fused-ring (bicyclic) bond motifs is 1. The number of ether oxygens (including phenoxy) is 2. The quantitative estimate of drug-likeness (QED) is 0.557. The number of nitrogens with one attached hydrogen (secondary N) is 2. The van der Waals surface area contributed by atoms with Crippen LogP contribution in [0, 0.1) is 11.3 Å². The molecule has 1 atom stereocenters. The Bertz CT molecular complexity index is 924. The van der Waals surface area contributed by atoms with Gasteiger partial charge in [0, 0.05) is 11.9 Å². The Kier molecular flexibility index (Phi) is 6.75. The van der Waals surface area contributed by atoms with E-state index in [1.54, 1.807) is 0 Å². The molecule has 0 fully saturated rings. The van der Waals surface area contributed by atoms with Gasteiger partial charge in [0.15, 0.2) is 11.5 Å². The lowest BCUT2D eigenvalue weighted by Gasteiger charge is -2.26. The van der Waals surface area contributed by atoms with Crippen LogP contribution < -0.4 is 20.1 Å². The van der Waals surface area contributed by atoms with Crippen molar-refractivity contribution < 1.29 is 14.3 Å². The second kappa shape index (κ2) is 9.65. The molecule has 0 aliphatic carbocycles. The topological polar surface area (TPSA) is 83.4 Å². The zero-order valence-corrected chi connectivity index (χ0v) is 16.7. The third-order valence-corrected chi connectivity index (χ3v) is 4.76. The van der Waals surface area contributed by atoms with Crippen LogP contribution in [0.25, 0.3) is 0 Å². The van der Waals surface area contributed by atoms with Gasteiger partial charge in [-0.15, -0.1) is 0 Å². The fourth-order valence-corrected chi connectivity index (χ4v) is 3.19. The highest BCUT2D eigenvalue weighted by Gasteiger charge is 2.20. The lowest BCUT2D eigenvalue weighted by atomic mass is 10.0. The van der Waals surface area contributed by atoms with E-state index in [0.717, 1.165) is 35.4 Å². The molecule has 0 radical (unpaired) electrons. The number of benzene rings is 2. The number of nitriles is 1. The van der Waals surface area contributed by atoms with Crippen molar-refractivity contribution >= 4 is 11.6 Å². The second-order valence-electron chi connectivity index (χ2n) is 6.69. The van der Waals surface area contributed by atoms with E-state index < -0.39 is 5.91 Å². The Hall–Kier alpha value is -3.46. The number of amides is 1. The molecule has 2 aromatic rings. The van der Waals surface area contributed by atoms with E-state index >= 15 is 0 Å². The molecule has 1 amide bonds. The average molecular weight is 391 g/mol.